The van der Waals surface area contributed by atoms with Crippen LogP contribution in [0.25, 0.3) is 0 Å². The Hall–Kier alpha value is -3.37. The number of ether oxygens (including phenoxy) is 1. The fourth-order valence-corrected chi connectivity index (χ4v) is 1.99. The van der Waals surface area contributed by atoms with Crippen LogP contribution in [0.1, 0.15) is 17.3 Å². The summed E-state index contributed by atoms with van der Waals surface area (Å²) in [4.78, 5) is 23.7. The Bertz CT molecular complexity index is 856. The van der Waals surface area contributed by atoms with Crippen LogP contribution >= 0.6 is 11.6 Å². The van der Waals surface area contributed by atoms with E-state index in [9.17, 15) is 9.59 Å². The molecule has 0 heterocycles. The predicted molar refractivity (Wildman–Crippen MR) is 99.2 cm³/mol. The van der Waals surface area contributed by atoms with Crippen molar-refractivity contribution in [1.82, 2.24) is 0 Å². The number of nitrogens with one attached hydrogen (secondary N) is 2. The fraction of sp³-hybridized carbons (Fsp3) is 0.111. The number of esters is 1. The Balaban J connectivity index is 2.02. The first-order valence-electron chi connectivity index (χ1n) is 7.61. The van der Waals surface area contributed by atoms with Gasteiger partial charge in [0.25, 0.3) is 5.91 Å². The van der Waals surface area contributed by atoms with Crippen molar-refractivity contribution < 1.29 is 14.3 Å². The average Bonchev–Trinajstić information content (AvgIpc) is 2.64. The topological polar surface area (TPSA) is 104 Å². The van der Waals surface area contributed by atoms with Gasteiger partial charge in [0.15, 0.2) is 0 Å². The smallest absolute Gasteiger partial charge is 0.338 e. The van der Waals surface area contributed by atoms with Crippen molar-refractivity contribution >= 4 is 40.6 Å². The number of nitriles is 1. The Kier molecular flexibility index (Phi) is 6.71. The molecule has 0 saturated heterocycles. The molecule has 1 amide bonds. The third-order valence-electron chi connectivity index (χ3n) is 3.12. The molecule has 0 aromatic heterocycles. The normalized spacial score (nSPS) is 10.6. The summed E-state index contributed by atoms with van der Waals surface area (Å²) in [6.07, 6.45) is 0. The van der Waals surface area contributed by atoms with Gasteiger partial charge in [-0.15, -0.1) is 0 Å². The maximum atomic E-state index is 12.1. The molecule has 26 heavy (non-hydrogen) atoms. The molecule has 0 spiro atoms. The molecule has 2 aromatic carbocycles. The molecule has 2 rings (SSSR count). The molecule has 0 fully saturated rings. The summed E-state index contributed by atoms with van der Waals surface area (Å²) in [7, 11) is 0. The van der Waals surface area contributed by atoms with Crippen molar-refractivity contribution in [2.24, 2.45) is 5.10 Å². The zero-order valence-electron chi connectivity index (χ0n) is 13.8. The quantitative estimate of drug-likeness (QED) is 0.460. The number of rotatable bonds is 6. The third kappa shape index (κ3) is 5.33. The van der Waals surface area contributed by atoms with E-state index in [1.807, 2.05) is 0 Å². The van der Waals surface area contributed by atoms with Gasteiger partial charge in [0.1, 0.15) is 6.07 Å². The van der Waals surface area contributed by atoms with E-state index in [4.69, 9.17) is 21.6 Å². The molecule has 2 N–H and O–H groups in total. The molecule has 8 heteroatoms. The molecule has 0 bridgehead atoms. The van der Waals surface area contributed by atoms with Crippen molar-refractivity contribution in [2.75, 3.05) is 17.3 Å². The zero-order valence-corrected chi connectivity index (χ0v) is 14.6. The van der Waals surface area contributed by atoms with Crippen LogP contribution in [0.3, 0.4) is 0 Å². The molecule has 0 aliphatic rings. The van der Waals surface area contributed by atoms with Crippen molar-refractivity contribution in [1.29, 1.82) is 5.26 Å². The molecular formula is C18H15ClN4O3. The van der Waals surface area contributed by atoms with Gasteiger partial charge in [0.2, 0.25) is 5.71 Å². The molecule has 0 saturated carbocycles. The monoisotopic (exact) mass is 370 g/mol. The summed E-state index contributed by atoms with van der Waals surface area (Å²) in [5.41, 5.74) is 3.62. The highest BCUT2D eigenvalue weighted by molar-refractivity contribution is 6.48. The Morgan fingerprint density at radius 1 is 1.12 bits per heavy atom. The van der Waals surface area contributed by atoms with Gasteiger partial charge in [-0.1, -0.05) is 11.6 Å². The number of benzene rings is 2. The van der Waals surface area contributed by atoms with Crippen LogP contribution < -0.4 is 10.7 Å². The minimum absolute atomic E-state index is 0.278. The van der Waals surface area contributed by atoms with Gasteiger partial charge >= 0.3 is 5.97 Å². The maximum Gasteiger partial charge on any atom is 0.338 e. The van der Waals surface area contributed by atoms with Crippen LogP contribution in [0.2, 0.25) is 5.02 Å². The molecule has 0 atom stereocenters. The van der Waals surface area contributed by atoms with E-state index < -0.39 is 11.9 Å². The van der Waals surface area contributed by atoms with E-state index in [0.717, 1.165) is 0 Å². The summed E-state index contributed by atoms with van der Waals surface area (Å²) in [6, 6.07) is 14.4. The Labute approximate surface area is 155 Å². The van der Waals surface area contributed by atoms with Crippen molar-refractivity contribution in [3.8, 4) is 6.07 Å². The van der Waals surface area contributed by atoms with E-state index in [-0.39, 0.29) is 12.3 Å². The minimum atomic E-state index is -0.683. The predicted octanol–water partition coefficient (Wildman–Crippen LogP) is 3.45. The number of hydrazone groups is 1. The zero-order chi connectivity index (χ0) is 18.9. The summed E-state index contributed by atoms with van der Waals surface area (Å²) in [5, 5.41) is 16.0. The van der Waals surface area contributed by atoms with E-state index in [0.29, 0.717) is 22.0 Å². The lowest BCUT2D eigenvalue weighted by Gasteiger charge is -2.06. The summed E-state index contributed by atoms with van der Waals surface area (Å²) in [5.74, 6) is -1.13. The highest BCUT2D eigenvalue weighted by Crippen LogP contribution is 2.14. The van der Waals surface area contributed by atoms with Crippen molar-refractivity contribution in [3.63, 3.8) is 0 Å². The van der Waals surface area contributed by atoms with Crippen molar-refractivity contribution in [3.05, 3.63) is 59.1 Å². The molecule has 0 radical (unpaired) electrons. The lowest BCUT2D eigenvalue weighted by atomic mass is 10.2. The number of hydrogen-bond acceptors (Lipinski definition) is 6. The average molecular weight is 371 g/mol. The van der Waals surface area contributed by atoms with E-state index in [2.05, 4.69) is 15.8 Å². The summed E-state index contributed by atoms with van der Waals surface area (Å²) in [6.45, 7) is 1.99. The Morgan fingerprint density at radius 3 is 2.31 bits per heavy atom. The first-order valence-corrected chi connectivity index (χ1v) is 7.99. The lowest BCUT2D eigenvalue weighted by Crippen LogP contribution is -2.22. The van der Waals surface area contributed by atoms with Gasteiger partial charge in [0, 0.05) is 10.7 Å². The highest BCUT2D eigenvalue weighted by Gasteiger charge is 2.12. The van der Waals surface area contributed by atoms with Gasteiger partial charge in [0.05, 0.1) is 17.9 Å². The van der Waals surface area contributed by atoms with Crippen LogP contribution in [0.4, 0.5) is 11.4 Å². The molecule has 7 nitrogen and oxygen atoms in total. The van der Waals surface area contributed by atoms with Gasteiger partial charge in [-0.3, -0.25) is 10.2 Å². The standard InChI is InChI=1S/C18H15ClN4O3/c1-2-26-18(25)12-3-7-14(8-4-12)21-17(24)16(11-20)23-22-15-9-5-13(19)6-10-15/h3-10,22H,2H2,1H3,(H,21,24). The van der Waals surface area contributed by atoms with Crippen LogP contribution in [-0.2, 0) is 9.53 Å². The largest absolute Gasteiger partial charge is 0.462 e. The van der Waals surface area contributed by atoms with Gasteiger partial charge in [-0.2, -0.15) is 10.4 Å². The Morgan fingerprint density at radius 2 is 1.73 bits per heavy atom. The van der Waals surface area contributed by atoms with Gasteiger partial charge in [-0.25, -0.2) is 4.79 Å². The number of carbonyl (C=O) groups is 2. The first-order chi connectivity index (χ1) is 12.5. The first kappa shape index (κ1) is 19.0. The van der Waals surface area contributed by atoms with Gasteiger partial charge in [-0.05, 0) is 55.5 Å². The number of anilines is 2. The molecule has 0 unspecified atom stereocenters. The van der Waals surface area contributed by atoms with Crippen LogP contribution in [-0.4, -0.2) is 24.2 Å². The number of halogens is 1. The number of hydrogen-bond donors (Lipinski definition) is 2. The summed E-state index contributed by atoms with van der Waals surface area (Å²) >= 11 is 5.78. The third-order valence-corrected chi connectivity index (χ3v) is 3.37. The number of carbonyl (C=O) groups excluding carboxylic acids is 2. The SMILES string of the molecule is CCOC(=O)c1ccc(NC(=O)C(C#N)=NNc2ccc(Cl)cc2)cc1. The fourth-order valence-electron chi connectivity index (χ4n) is 1.87. The molecular weight excluding hydrogens is 356 g/mol. The molecule has 0 aliphatic heterocycles. The van der Waals surface area contributed by atoms with Crippen LogP contribution in [0, 0.1) is 11.3 Å². The highest BCUT2D eigenvalue weighted by atomic mass is 35.5. The van der Waals surface area contributed by atoms with E-state index in [1.165, 1.54) is 24.3 Å². The van der Waals surface area contributed by atoms with Crippen LogP contribution in [0.5, 0.6) is 0 Å². The maximum absolute atomic E-state index is 12.1. The van der Waals surface area contributed by atoms with E-state index >= 15 is 0 Å². The van der Waals surface area contributed by atoms with Crippen LogP contribution in [0.15, 0.2) is 53.6 Å². The summed E-state index contributed by atoms with van der Waals surface area (Å²) < 4.78 is 4.88. The minimum Gasteiger partial charge on any atom is -0.462 e. The second kappa shape index (κ2) is 9.20. The second-order valence-corrected chi connectivity index (χ2v) is 5.38. The second-order valence-electron chi connectivity index (χ2n) is 4.94. The molecule has 0 aliphatic carbocycles. The van der Waals surface area contributed by atoms with Gasteiger partial charge < -0.3 is 10.1 Å². The number of nitrogens with zero attached hydrogens (tertiary/aromatic N) is 2. The van der Waals surface area contributed by atoms with E-state index in [1.54, 1.807) is 37.3 Å². The molecule has 2 aromatic rings. The number of amides is 1. The van der Waals surface area contributed by atoms with Crippen molar-refractivity contribution in [2.45, 2.75) is 6.92 Å². The molecule has 132 valence electrons. The lowest BCUT2D eigenvalue weighted by molar-refractivity contribution is -0.110.